The fourth-order valence-corrected chi connectivity index (χ4v) is 1.64. The van der Waals surface area contributed by atoms with Crippen LogP contribution in [0, 0.1) is 0 Å². The van der Waals surface area contributed by atoms with Crippen molar-refractivity contribution in [3.63, 3.8) is 0 Å². The molecule has 4 heteroatoms. The maximum absolute atomic E-state index is 11.0. The third kappa shape index (κ3) is 13.5. The second-order valence-corrected chi connectivity index (χ2v) is 5.23. The number of hydrogen-bond acceptors (Lipinski definition) is 4. The quantitative estimate of drug-likeness (QED) is 0.773. The van der Waals surface area contributed by atoms with Gasteiger partial charge in [-0.2, -0.15) is 0 Å². The van der Waals surface area contributed by atoms with Gasteiger partial charge >= 0.3 is 5.97 Å². The summed E-state index contributed by atoms with van der Waals surface area (Å²) in [6.07, 6.45) is 2.94. The first-order valence-electron chi connectivity index (χ1n) is 8.46. The first-order chi connectivity index (χ1) is 12.0. The van der Waals surface area contributed by atoms with Gasteiger partial charge in [0.1, 0.15) is 11.5 Å². The Morgan fingerprint density at radius 3 is 1.76 bits per heavy atom. The summed E-state index contributed by atoms with van der Waals surface area (Å²) in [5.41, 5.74) is 0.606. The molecule has 2 rings (SSSR count). The van der Waals surface area contributed by atoms with Crippen molar-refractivity contribution in [2.45, 2.75) is 40.0 Å². The third-order valence-corrected chi connectivity index (χ3v) is 2.92. The second kappa shape index (κ2) is 14.9. The molecule has 0 aliphatic rings. The van der Waals surface area contributed by atoms with E-state index < -0.39 is 0 Å². The van der Waals surface area contributed by atoms with Crippen molar-refractivity contribution in [1.29, 1.82) is 0 Å². The van der Waals surface area contributed by atoms with Gasteiger partial charge in [0.05, 0.1) is 12.2 Å². The fraction of sp³-hybridized carbons (Fsp3) is 0.333. The van der Waals surface area contributed by atoms with Crippen molar-refractivity contribution < 1.29 is 19.4 Å². The maximum Gasteiger partial charge on any atom is 0.338 e. The SMILES string of the molecule is CCCCC(C)=O.CCOC(=O)c1ccccc1.Oc1ccccc1. The molecule has 25 heavy (non-hydrogen) atoms. The van der Waals surface area contributed by atoms with Crippen LogP contribution >= 0.6 is 0 Å². The lowest BCUT2D eigenvalue weighted by Gasteiger charge is -1.99. The molecule has 0 bridgehead atoms. The van der Waals surface area contributed by atoms with E-state index in [0.717, 1.165) is 19.3 Å². The Labute approximate surface area is 150 Å². The summed E-state index contributed by atoms with van der Waals surface area (Å²) in [4.78, 5) is 21.2. The number of carbonyl (C=O) groups is 2. The van der Waals surface area contributed by atoms with Crippen molar-refractivity contribution in [3.05, 3.63) is 66.2 Å². The van der Waals surface area contributed by atoms with Crippen molar-refractivity contribution in [3.8, 4) is 5.75 Å². The number of phenols is 1. The van der Waals surface area contributed by atoms with Crippen LogP contribution < -0.4 is 0 Å². The van der Waals surface area contributed by atoms with E-state index in [1.54, 1.807) is 50.2 Å². The summed E-state index contributed by atoms with van der Waals surface area (Å²) in [7, 11) is 0. The number of aromatic hydroxyl groups is 1. The Morgan fingerprint density at radius 1 is 0.920 bits per heavy atom. The standard InChI is InChI=1S/C9H10O2.C6H6O.C6H12O/c1-2-11-9(10)8-6-4-3-5-7-8;7-6-4-2-1-3-5-6;1-3-4-5-6(2)7/h3-7H,2H2,1H3;1-5,7H;3-5H2,1-2H3. The minimum Gasteiger partial charge on any atom is -0.508 e. The van der Waals surface area contributed by atoms with Crippen LogP contribution in [-0.2, 0) is 9.53 Å². The topological polar surface area (TPSA) is 63.6 Å². The summed E-state index contributed by atoms with van der Waals surface area (Å²) in [5.74, 6) is 0.373. The number of para-hydroxylation sites is 1. The van der Waals surface area contributed by atoms with E-state index >= 15 is 0 Å². The van der Waals surface area contributed by atoms with Crippen LogP contribution in [0.5, 0.6) is 5.75 Å². The van der Waals surface area contributed by atoms with Gasteiger partial charge in [0, 0.05) is 6.42 Å². The van der Waals surface area contributed by atoms with E-state index in [9.17, 15) is 9.59 Å². The molecule has 2 aromatic carbocycles. The molecular weight excluding hydrogens is 316 g/mol. The van der Waals surface area contributed by atoms with Crippen LogP contribution in [0.3, 0.4) is 0 Å². The minimum atomic E-state index is -0.256. The Hall–Kier alpha value is -2.62. The Bertz CT molecular complexity index is 579. The van der Waals surface area contributed by atoms with Gasteiger partial charge in [0.2, 0.25) is 0 Å². The highest BCUT2D eigenvalue weighted by molar-refractivity contribution is 5.89. The van der Waals surface area contributed by atoms with E-state index in [0.29, 0.717) is 23.7 Å². The molecule has 136 valence electrons. The number of ketones is 1. The number of phenolic OH excluding ortho intramolecular Hbond substituents is 1. The van der Waals surface area contributed by atoms with Gasteiger partial charge in [0.15, 0.2) is 0 Å². The van der Waals surface area contributed by atoms with Crippen LogP contribution in [0.2, 0.25) is 0 Å². The summed E-state index contributed by atoms with van der Waals surface area (Å²) >= 11 is 0. The molecule has 4 nitrogen and oxygen atoms in total. The van der Waals surface area contributed by atoms with E-state index in [4.69, 9.17) is 9.84 Å². The minimum absolute atomic E-state index is 0.256. The fourth-order valence-electron chi connectivity index (χ4n) is 1.64. The van der Waals surface area contributed by atoms with Crippen molar-refractivity contribution in [1.82, 2.24) is 0 Å². The second-order valence-electron chi connectivity index (χ2n) is 5.23. The lowest BCUT2D eigenvalue weighted by atomic mass is 10.2. The first-order valence-corrected chi connectivity index (χ1v) is 8.46. The van der Waals surface area contributed by atoms with Gasteiger partial charge in [-0.05, 0) is 44.5 Å². The molecule has 0 aromatic heterocycles. The average Bonchev–Trinajstić information content (AvgIpc) is 2.62. The predicted octanol–water partition coefficient (Wildman–Crippen LogP) is 5.02. The molecule has 1 N–H and O–H groups in total. The molecule has 0 spiro atoms. The van der Waals surface area contributed by atoms with Gasteiger partial charge in [-0.25, -0.2) is 4.79 Å². The molecule has 0 atom stereocenters. The predicted molar refractivity (Wildman–Crippen MR) is 101 cm³/mol. The number of hydrogen-bond donors (Lipinski definition) is 1. The van der Waals surface area contributed by atoms with E-state index in [1.165, 1.54) is 0 Å². The number of rotatable bonds is 5. The van der Waals surface area contributed by atoms with E-state index in [2.05, 4.69) is 6.92 Å². The molecule has 0 amide bonds. The molecule has 0 unspecified atom stereocenters. The normalized spacial score (nSPS) is 8.92. The summed E-state index contributed by atoms with van der Waals surface area (Å²) in [6.45, 7) is 5.94. The summed E-state index contributed by atoms with van der Waals surface area (Å²) < 4.78 is 4.79. The van der Waals surface area contributed by atoms with E-state index in [1.807, 2.05) is 24.3 Å². The van der Waals surface area contributed by atoms with Crippen LogP contribution in [0.4, 0.5) is 0 Å². The third-order valence-electron chi connectivity index (χ3n) is 2.92. The molecule has 0 saturated carbocycles. The van der Waals surface area contributed by atoms with Crippen LogP contribution in [0.25, 0.3) is 0 Å². The number of unbranched alkanes of at least 4 members (excludes halogenated alkanes) is 1. The number of esters is 1. The molecule has 2 aromatic rings. The molecule has 0 aliphatic carbocycles. The zero-order valence-corrected chi connectivity index (χ0v) is 15.3. The first kappa shape index (κ1) is 22.4. The smallest absolute Gasteiger partial charge is 0.338 e. The van der Waals surface area contributed by atoms with Gasteiger partial charge in [0.25, 0.3) is 0 Å². The molecule has 0 fully saturated rings. The Kier molecular flexibility index (Phi) is 13.4. The van der Waals surface area contributed by atoms with E-state index in [-0.39, 0.29) is 5.97 Å². The summed E-state index contributed by atoms with van der Waals surface area (Å²) in [5, 5.41) is 8.63. The highest BCUT2D eigenvalue weighted by Crippen LogP contribution is 2.03. The molecule has 0 aliphatic heterocycles. The lowest BCUT2D eigenvalue weighted by Crippen LogP contribution is -2.03. The molecule has 0 heterocycles. The van der Waals surface area contributed by atoms with Gasteiger partial charge in [-0.15, -0.1) is 0 Å². The molecular formula is C21H28O4. The maximum atomic E-state index is 11.0. The number of carbonyl (C=O) groups excluding carboxylic acids is 2. The van der Waals surface area contributed by atoms with Crippen molar-refractivity contribution >= 4 is 11.8 Å². The van der Waals surface area contributed by atoms with Crippen molar-refractivity contribution in [2.75, 3.05) is 6.61 Å². The lowest BCUT2D eigenvalue weighted by molar-refractivity contribution is -0.117. The monoisotopic (exact) mass is 344 g/mol. The Balaban J connectivity index is 0.000000362. The number of Topliss-reactive ketones (excluding diaryl/α,β-unsaturated/α-hetero) is 1. The highest BCUT2D eigenvalue weighted by atomic mass is 16.5. The summed E-state index contributed by atoms with van der Waals surface area (Å²) in [6, 6.07) is 17.7. The highest BCUT2D eigenvalue weighted by Gasteiger charge is 2.02. The average molecular weight is 344 g/mol. The number of benzene rings is 2. The zero-order valence-electron chi connectivity index (χ0n) is 15.3. The molecule has 0 saturated heterocycles. The van der Waals surface area contributed by atoms with Gasteiger partial charge < -0.3 is 14.6 Å². The van der Waals surface area contributed by atoms with Crippen molar-refractivity contribution in [2.24, 2.45) is 0 Å². The zero-order chi connectivity index (χ0) is 18.9. The van der Waals surface area contributed by atoms with Crippen LogP contribution in [-0.4, -0.2) is 23.5 Å². The van der Waals surface area contributed by atoms with Gasteiger partial charge in [-0.1, -0.05) is 49.7 Å². The van der Waals surface area contributed by atoms with Crippen LogP contribution in [0.15, 0.2) is 60.7 Å². The molecule has 0 radical (unpaired) electrons. The van der Waals surface area contributed by atoms with Crippen LogP contribution in [0.1, 0.15) is 50.4 Å². The largest absolute Gasteiger partial charge is 0.508 e. The Morgan fingerprint density at radius 2 is 1.44 bits per heavy atom. The number of ether oxygens (including phenoxy) is 1. The van der Waals surface area contributed by atoms with Gasteiger partial charge in [-0.3, -0.25) is 0 Å².